The van der Waals surface area contributed by atoms with Gasteiger partial charge in [-0.3, -0.25) is 4.79 Å². The number of aryl methyl sites for hydroxylation is 2. The molecule has 1 amide bonds. The predicted octanol–water partition coefficient (Wildman–Crippen LogP) is 3.68. The quantitative estimate of drug-likeness (QED) is 0.590. The van der Waals surface area contributed by atoms with Crippen molar-refractivity contribution in [2.24, 2.45) is 0 Å². The fourth-order valence-corrected chi connectivity index (χ4v) is 3.28. The second-order valence-corrected chi connectivity index (χ2v) is 6.58. The van der Waals surface area contributed by atoms with Gasteiger partial charge in [-0.15, -0.1) is 0 Å². The maximum Gasteiger partial charge on any atom is 0.231 e. The SMILES string of the molecule is Cc1cc(C)c2c(CC(=O)Nc3c(C#N)cnn3-c3ccccc3)noc2c1. The number of nitriles is 1. The standard InChI is InChI=1S/C21H17N5O2/c1-13-8-14(2)20-17(25-28-18(20)9-13)10-19(27)24-21-15(11-22)12-23-26(21)16-6-4-3-5-7-16/h3-9,12H,10H2,1-2H3,(H,24,27). The number of fused-ring (bicyclic) bond motifs is 1. The minimum absolute atomic E-state index is 0.0295. The molecule has 0 radical (unpaired) electrons. The summed E-state index contributed by atoms with van der Waals surface area (Å²) in [7, 11) is 0. The number of hydrogen-bond acceptors (Lipinski definition) is 5. The molecule has 2 aromatic heterocycles. The van der Waals surface area contributed by atoms with Gasteiger partial charge in [-0.25, -0.2) is 4.68 Å². The van der Waals surface area contributed by atoms with Gasteiger partial charge in [0.1, 0.15) is 17.3 Å². The number of aromatic nitrogens is 3. The number of amides is 1. The van der Waals surface area contributed by atoms with Gasteiger partial charge in [0, 0.05) is 5.39 Å². The molecule has 4 aromatic rings. The highest BCUT2D eigenvalue weighted by atomic mass is 16.5. The van der Waals surface area contributed by atoms with Crippen LogP contribution < -0.4 is 5.32 Å². The zero-order valence-electron chi connectivity index (χ0n) is 15.4. The van der Waals surface area contributed by atoms with Crippen LogP contribution in [0.4, 0.5) is 5.82 Å². The van der Waals surface area contributed by atoms with Crippen LogP contribution in [0.25, 0.3) is 16.7 Å². The van der Waals surface area contributed by atoms with E-state index in [2.05, 4.69) is 21.6 Å². The second-order valence-electron chi connectivity index (χ2n) is 6.58. The summed E-state index contributed by atoms with van der Waals surface area (Å²) in [6.45, 7) is 3.95. The van der Waals surface area contributed by atoms with Crippen LogP contribution in [0.2, 0.25) is 0 Å². The van der Waals surface area contributed by atoms with Crippen molar-refractivity contribution < 1.29 is 9.32 Å². The van der Waals surface area contributed by atoms with Crippen LogP contribution in [0.5, 0.6) is 0 Å². The van der Waals surface area contributed by atoms with E-state index in [0.717, 1.165) is 22.2 Å². The van der Waals surface area contributed by atoms with E-state index in [-0.39, 0.29) is 17.9 Å². The van der Waals surface area contributed by atoms with Crippen molar-refractivity contribution in [2.75, 3.05) is 5.32 Å². The van der Waals surface area contributed by atoms with Gasteiger partial charge in [-0.05, 0) is 43.2 Å². The van der Waals surface area contributed by atoms with E-state index in [1.54, 1.807) is 0 Å². The average molecular weight is 371 g/mol. The Hall–Kier alpha value is -3.92. The first-order valence-electron chi connectivity index (χ1n) is 8.75. The molecule has 0 aliphatic rings. The summed E-state index contributed by atoms with van der Waals surface area (Å²) in [6, 6.07) is 15.3. The molecule has 1 N–H and O–H groups in total. The molecule has 0 fully saturated rings. The van der Waals surface area contributed by atoms with E-state index >= 15 is 0 Å². The van der Waals surface area contributed by atoms with Crippen LogP contribution in [-0.2, 0) is 11.2 Å². The van der Waals surface area contributed by atoms with Gasteiger partial charge in [0.15, 0.2) is 11.4 Å². The van der Waals surface area contributed by atoms with Crippen molar-refractivity contribution in [1.82, 2.24) is 14.9 Å². The summed E-state index contributed by atoms with van der Waals surface area (Å²) < 4.78 is 6.92. The third-order valence-corrected chi connectivity index (χ3v) is 4.46. The number of benzene rings is 2. The summed E-state index contributed by atoms with van der Waals surface area (Å²) >= 11 is 0. The minimum Gasteiger partial charge on any atom is -0.356 e. The molecule has 0 atom stereocenters. The Balaban J connectivity index is 1.64. The lowest BCUT2D eigenvalue weighted by atomic mass is 10.0. The lowest BCUT2D eigenvalue weighted by Crippen LogP contribution is -2.18. The van der Waals surface area contributed by atoms with Crippen LogP contribution in [0.15, 0.2) is 53.2 Å². The maximum atomic E-state index is 12.7. The number of carbonyl (C=O) groups excluding carboxylic acids is 1. The molecule has 0 saturated carbocycles. The number of para-hydroxylation sites is 1. The number of nitrogens with zero attached hydrogens (tertiary/aromatic N) is 4. The first kappa shape index (κ1) is 17.5. The number of hydrogen-bond donors (Lipinski definition) is 1. The molecule has 2 heterocycles. The van der Waals surface area contributed by atoms with E-state index < -0.39 is 0 Å². The average Bonchev–Trinajstić information content (AvgIpc) is 3.26. The van der Waals surface area contributed by atoms with Gasteiger partial charge in [-0.2, -0.15) is 10.4 Å². The molecule has 0 unspecified atom stereocenters. The van der Waals surface area contributed by atoms with Gasteiger partial charge in [0.05, 0.1) is 18.3 Å². The first-order chi connectivity index (χ1) is 13.6. The zero-order valence-corrected chi connectivity index (χ0v) is 15.4. The Bertz CT molecular complexity index is 1220. The molecule has 7 heteroatoms. The van der Waals surface area contributed by atoms with Crippen LogP contribution in [-0.4, -0.2) is 20.8 Å². The van der Waals surface area contributed by atoms with Crippen molar-refractivity contribution >= 4 is 22.7 Å². The smallest absolute Gasteiger partial charge is 0.231 e. The maximum absolute atomic E-state index is 12.7. The number of carbonyl (C=O) groups is 1. The lowest BCUT2D eigenvalue weighted by molar-refractivity contribution is -0.115. The monoisotopic (exact) mass is 371 g/mol. The van der Waals surface area contributed by atoms with Gasteiger partial charge in [0.2, 0.25) is 5.91 Å². The summed E-state index contributed by atoms with van der Waals surface area (Å²) in [5.41, 5.74) is 4.34. The third kappa shape index (κ3) is 3.12. The highest BCUT2D eigenvalue weighted by Gasteiger charge is 2.18. The van der Waals surface area contributed by atoms with Gasteiger partial charge < -0.3 is 9.84 Å². The van der Waals surface area contributed by atoms with Gasteiger partial charge in [-0.1, -0.05) is 29.4 Å². The van der Waals surface area contributed by atoms with Crippen molar-refractivity contribution in [1.29, 1.82) is 5.26 Å². The zero-order chi connectivity index (χ0) is 19.7. The Morgan fingerprint density at radius 2 is 2.04 bits per heavy atom. The summed E-state index contributed by atoms with van der Waals surface area (Å²) in [5.74, 6) is 0.0309. The molecular formula is C21H17N5O2. The fourth-order valence-electron chi connectivity index (χ4n) is 3.28. The van der Waals surface area contributed by atoms with Crippen LogP contribution >= 0.6 is 0 Å². The van der Waals surface area contributed by atoms with Crippen LogP contribution in [0.3, 0.4) is 0 Å². The number of anilines is 1. The molecule has 0 bridgehead atoms. The Morgan fingerprint density at radius 1 is 1.25 bits per heavy atom. The van der Waals surface area contributed by atoms with Crippen LogP contribution in [0, 0.1) is 25.2 Å². The third-order valence-electron chi connectivity index (χ3n) is 4.46. The van der Waals surface area contributed by atoms with E-state index in [9.17, 15) is 10.1 Å². The van der Waals surface area contributed by atoms with Crippen molar-refractivity contribution in [3.8, 4) is 11.8 Å². The first-order valence-corrected chi connectivity index (χ1v) is 8.75. The topological polar surface area (TPSA) is 96.7 Å². The predicted molar refractivity (Wildman–Crippen MR) is 104 cm³/mol. The Labute approximate surface area is 161 Å². The van der Waals surface area contributed by atoms with Crippen molar-refractivity contribution in [3.63, 3.8) is 0 Å². The Kier molecular flexibility index (Phi) is 4.38. The highest BCUT2D eigenvalue weighted by molar-refractivity contribution is 5.95. The van der Waals surface area contributed by atoms with Gasteiger partial charge >= 0.3 is 0 Å². The minimum atomic E-state index is -0.302. The summed E-state index contributed by atoms with van der Waals surface area (Å²) in [5, 5.41) is 21.3. The van der Waals surface area contributed by atoms with Crippen molar-refractivity contribution in [2.45, 2.75) is 20.3 Å². The molecule has 0 saturated heterocycles. The molecule has 4 rings (SSSR count). The molecule has 28 heavy (non-hydrogen) atoms. The van der Waals surface area contributed by atoms with E-state index in [0.29, 0.717) is 17.1 Å². The molecular weight excluding hydrogens is 354 g/mol. The highest BCUT2D eigenvalue weighted by Crippen LogP contribution is 2.25. The van der Waals surface area contributed by atoms with E-state index in [4.69, 9.17) is 4.52 Å². The molecule has 0 aliphatic heterocycles. The molecule has 0 spiro atoms. The summed E-state index contributed by atoms with van der Waals surface area (Å²) in [4.78, 5) is 12.7. The van der Waals surface area contributed by atoms with Crippen molar-refractivity contribution in [3.05, 3.63) is 71.0 Å². The van der Waals surface area contributed by atoms with Crippen LogP contribution in [0.1, 0.15) is 22.4 Å². The summed E-state index contributed by atoms with van der Waals surface area (Å²) in [6.07, 6.45) is 1.46. The van der Waals surface area contributed by atoms with E-state index in [1.807, 2.05) is 56.3 Å². The fraction of sp³-hybridized carbons (Fsp3) is 0.143. The molecule has 2 aromatic carbocycles. The molecule has 138 valence electrons. The Morgan fingerprint density at radius 3 is 2.79 bits per heavy atom. The largest absolute Gasteiger partial charge is 0.356 e. The number of nitrogens with one attached hydrogen (secondary N) is 1. The second kappa shape index (κ2) is 7.00. The normalized spacial score (nSPS) is 10.8. The lowest BCUT2D eigenvalue weighted by Gasteiger charge is -2.09. The van der Waals surface area contributed by atoms with E-state index in [1.165, 1.54) is 10.9 Å². The van der Waals surface area contributed by atoms with Gasteiger partial charge in [0.25, 0.3) is 0 Å². The molecule has 7 nitrogen and oxygen atoms in total. The number of rotatable bonds is 4. The molecule has 0 aliphatic carbocycles.